The smallest absolute Gasteiger partial charge is 0.00199 e. The first kappa shape index (κ1) is 5.72. The van der Waals surface area contributed by atoms with Gasteiger partial charge in [-0.25, -0.2) is 0 Å². The molecule has 0 spiro atoms. The lowest BCUT2D eigenvalue weighted by atomic mass is 10.0. The summed E-state index contributed by atoms with van der Waals surface area (Å²) in [6.07, 6.45) is 6.01. The van der Waals surface area contributed by atoms with Gasteiger partial charge in [0.25, 0.3) is 0 Å². The van der Waals surface area contributed by atoms with Gasteiger partial charge in [-0.05, 0) is 37.8 Å². The molecule has 1 atom stereocenters. The van der Waals surface area contributed by atoms with Crippen molar-refractivity contribution in [3.05, 3.63) is 0 Å². The Hall–Kier alpha value is -0.0400. The molecule has 0 aromatic carbocycles. The molecule has 1 saturated heterocycles. The van der Waals surface area contributed by atoms with Crippen LogP contribution in [0.2, 0.25) is 0 Å². The van der Waals surface area contributed by atoms with Gasteiger partial charge in [-0.15, -0.1) is 0 Å². The Morgan fingerprint density at radius 3 is 2.56 bits per heavy atom. The van der Waals surface area contributed by atoms with E-state index in [9.17, 15) is 0 Å². The van der Waals surface area contributed by atoms with Crippen LogP contribution in [0.15, 0.2) is 0 Å². The Bertz CT molecular complexity index is 90.7. The first-order valence-corrected chi connectivity index (χ1v) is 4.16. The molecule has 9 heavy (non-hydrogen) atoms. The first-order chi connectivity index (χ1) is 4.45. The molecule has 1 aliphatic carbocycles. The average molecular weight is 125 g/mol. The lowest BCUT2D eigenvalue weighted by molar-refractivity contribution is 0.496. The number of nitrogens with one attached hydrogen (secondary N) is 1. The third-order valence-electron chi connectivity index (χ3n) is 2.53. The van der Waals surface area contributed by atoms with Gasteiger partial charge in [-0.3, -0.25) is 0 Å². The molecule has 1 aliphatic heterocycles. The van der Waals surface area contributed by atoms with Crippen LogP contribution in [0, 0.1) is 11.8 Å². The maximum Gasteiger partial charge on any atom is -0.00199 e. The molecule has 1 nitrogen and oxygen atoms in total. The number of rotatable bonds is 2. The van der Waals surface area contributed by atoms with Crippen LogP contribution in [-0.2, 0) is 0 Å². The highest BCUT2D eigenvalue weighted by atomic mass is 14.9. The largest absolute Gasteiger partial charge is 0.316 e. The summed E-state index contributed by atoms with van der Waals surface area (Å²) in [6.45, 7) is 2.58. The van der Waals surface area contributed by atoms with Gasteiger partial charge in [-0.2, -0.15) is 0 Å². The van der Waals surface area contributed by atoms with E-state index in [2.05, 4.69) is 5.32 Å². The van der Waals surface area contributed by atoms with Crippen molar-refractivity contribution in [3.8, 4) is 0 Å². The molecule has 0 aromatic rings. The first-order valence-electron chi connectivity index (χ1n) is 4.16. The van der Waals surface area contributed by atoms with Crippen molar-refractivity contribution >= 4 is 0 Å². The third kappa shape index (κ3) is 1.45. The normalized spacial score (nSPS) is 35.3. The van der Waals surface area contributed by atoms with Crippen molar-refractivity contribution in [2.45, 2.75) is 25.7 Å². The fourth-order valence-corrected chi connectivity index (χ4v) is 1.74. The summed E-state index contributed by atoms with van der Waals surface area (Å²) in [5.74, 6) is 2.17. The van der Waals surface area contributed by atoms with Gasteiger partial charge in [0, 0.05) is 0 Å². The molecule has 2 aliphatic rings. The zero-order valence-corrected chi connectivity index (χ0v) is 5.90. The molecule has 0 aromatic heterocycles. The van der Waals surface area contributed by atoms with E-state index >= 15 is 0 Å². The summed E-state index contributed by atoms with van der Waals surface area (Å²) in [7, 11) is 0. The van der Waals surface area contributed by atoms with Crippen LogP contribution in [-0.4, -0.2) is 13.1 Å². The van der Waals surface area contributed by atoms with E-state index in [4.69, 9.17) is 0 Å². The summed E-state index contributed by atoms with van der Waals surface area (Å²) >= 11 is 0. The van der Waals surface area contributed by atoms with Gasteiger partial charge in [0.1, 0.15) is 0 Å². The average Bonchev–Trinajstić information content (AvgIpc) is 2.46. The molecule has 0 bridgehead atoms. The maximum absolute atomic E-state index is 3.41. The highest BCUT2D eigenvalue weighted by molar-refractivity contribution is 4.80. The Kier molecular flexibility index (Phi) is 1.46. The van der Waals surface area contributed by atoms with E-state index < -0.39 is 0 Å². The quantitative estimate of drug-likeness (QED) is 0.588. The molecule has 52 valence electrons. The Morgan fingerprint density at radius 1 is 1.11 bits per heavy atom. The standard InChI is InChI=1S/C8H15N/c1-2-7(1)5-8-3-4-9-6-8/h7-9H,1-6H2/t8-/m0/s1. The highest BCUT2D eigenvalue weighted by Crippen LogP contribution is 2.36. The number of hydrogen-bond acceptors (Lipinski definition) is 1. The maximum atomic E-state index is 3.41. The van der Waals surface area contributed by atoms with E-state index in [-0.39, 0.29) is 0 Å². The van der Waals surface area contributed by atoms with Crippen molar-refractivity contribution in [2.75, 3.05) is 13.1 Å². The third-order valence-corrected chi connectivity index (χ3v) is 2.53. The zero-order valence-electron chi connectivity index (χ0n) is 5.90. The van der Waals surface area contributed by atoms with Gasteiger partial charge in [-0.1, -0.05) is 12.8 Å². The minimum absolute atomic E-state index is 1.04. The molecule has 0 unspecified atom stereocenters. The number of hydrogen-bond donors (Lipinski definition) is 1. The lowest BCUT2D eigenvalue weighted by Crippen LogP contribution is -2.09. The predicted octanol–water partition coefficient (Wildman–Crippen LogP) is 1.40. The monoisotopic (exact) mass is 125 g/mol. The second kappa shape index (κ2) is 2.30. The summed E-state index contributed by atoms with van der Waals surface area (Å²) in [5, 5.41) is 3.41. The van der Waals surface area contributed by atoms with Crippen molar-refractivity contribution in [1.29, 1.82) is 0 Å². The van der Waals surface area contributed by atoms with E-state index in [1.165, 1.54) is 38.8 Å². The van der Waals surface area contributed by atoms with E-state index in [0.29, 0.717) is 0 Å². The summed E-state index contributed by atoms with van der Waals surface area (Å²) in [5.41, 5.74) is 0. The molecule has 1 saturated carbocycles. The van der Waals surface area contributed by atoms with E-state index in [0.717, 1.165) is 11.8 Å². The second-order valence-electron chi connectivity index (χ2n) is 3.54. The predicted molar refractivity (Wildman–Crippen MR) is 38.3 cm³/mol. The molecular weight excluding hydrogens is 110 g/mol. The van der Waals surface area contributed by atoms with Gasteiger partial charge in [0.15, 0.2) is 0 Å². The van der Waals surface area contributed by atoms with E-state index in [1.54, 1.807) is 0 Å². The molecule has 0 radical (unpaired) electrons. The van der Waals surface area contributed by atoms with Crippen molar-refractivity contribution in [2.24, 2.45) is 11.8 Å². The fraction of sp³-hybridized carbons (Fsp3) is 1.00. The van der Waals surface area contributed by atoms with Crippen LogP contribution < -0.4 is 5.32 Å². The van der Waals surface area contributed by atoms with Crippen molar-refractivity contribution < 1.29 is 0 Å². The van der Waals surface area contributed by atoms with Crippen LogP contribution in [0.5, 0.6) is 0 Å². The molecule has 0 amide bonds. The van der Waals surface area contributed by atoms with Gasteiger partial charge < -0.3 is 5.32 Å². The molecule has 2 fully saturated rings. The molecular formula is C8H15N. The highest BCUT2D eigenvalue weighted by Gasteiger charge is 2.26. The van der Waals surface area contributed by atoms with Crippen molar-refractivity contribution in [1.82, 2.24) is 5.32 Å². The van der Waals surface area contributed by atoms with Crippen LogP contribution in [0.1, 0.15) is 25.7 Å². The lowest BCUT2D eigenvalue weighted by Gasteiger charge is -2.04. The Labute approximate surface area is 56.8 Å². The molecule has 2 rings (SSSR count). The minimum atomic E-state index is 1.04. The summed E-state index contributed by atoms with van der Waals surface area (Å²) in [4.78, 5) is 0. The molecule has 1 heterocycles. The van der Waals surface area contributed by atoms with Gasteiger partial charge >= 0.3 is 0 Å². The van der Waals surface area contributed by atoms with Gasteiger partial charge in [0.05, 0.1) is 0 Å². The Morgan fingerprint density at radius 2 is 2.00 bits per heavy atom. The molecule has 1 N–H and O–H groups in total. The minimum Gasteiger partial charge on any atom is -0.316 e. The molecule has 1 heteroatoms. The fourth-order valence-electron chi connectivity index (χ4n) is 1.74. The van der Waals surface area contributed by atoms with Crippen LogP contribution in [0.25, 0.3) is 0 Å². The second-order valence-corrected chi connectivity index (χ2v) is 3.54. The van der Waals surface area contributed by atoms with Crippen LogP contribution in [0.4, 0.5) is 0 Å². The summed E-state index contributed by atoms with van der Waals surface area (Å²) in [6, 6.07) is 0. The van der Waals surface area contributed by atoms with Crippen LogP contribution >= 0.6 is 0 Å². The summed E-state index contributed by atoms with van der Waals surface area (Å²) < 4.78 is 0. The van der Waals surface area contributed by atoms with E-state index in [1.807, 2.05) is 0 Å². The zero-order chi connectivity index (χ0) is 6.10. The van der Waals surface area contributed by atoms with Crippen molar-refractivity contribution in [3.63, 3.8) is 0 Å². The topological polar surface area (TPSA) is 12.0 Å². The SMILES string of the molecule is C1C[C@@H](CC2CC2)CN1. The van der Waals surface area contributed by atoms with Gasteiger partial charge in [0.2, 0.25) is 0 Å². The van der Waals surface area contributed by atoms with Crippen LogP contribution in [0.3, 0.4) is 0 Å². The Balaban J connectivity index is 1.70.